The van der Waals surface area contributed by atoms with Gasteiger partial charge in [0.25, 0.3) is 0 Å². The first-order valence-corrected chi connectivity index (χ1v) is 26.5. The summed E-state index contributed by atoms with van der Waals surface area (Å²) in [5.41, 5.74) is 19.7. The summed E-state index contributed by atoms with van der Waals surface area (Å²) in [6.45, 7) is 0. The van der Waals surface area contributed by atoms with Gasteiger partial charge in [-0.2, -0.15) is 0 Å². The predicted octanol–water partition coefficient (Wildman–Crippen LogP) is 20.2. The van der Waals surface area contributed by atoms with Gasteiger partial charge in [0.05, 0.1) is 27.6 Å². The first kappa shape index (κ1) is 42.2. The molecule has 0 saturated carbocycles. The van der Waals surface area contributed by atoms with Crippen molar-refractivity contribution in [1.82, 2.24) is 0 Å². The highest BCUT2D eigenvalue weighted by Gasteiger charge is 2.53. The van der Waals surface area contributed by atoms with Crippen molar-refractivity contribution in [3.05, 3.63) is 289 Å². The average Bonchev–Trinajstić information content (AvgIpc) is 4.38. The summed E-state index contributed by atoms with van der Waals surface area (Å²) in [4.78, 5) is 4.79. The lowest BCUT2D eigenvalue weighted by Crippen LogP contribution is -2.26. The van der Waals surface area contributed by atoms with Gasteiger partial charge >= 0.3 is 0 Å². The molecule has 2 aliphatic rings. The Labute approximate surface area is 443 Å². The molecule has 0 radical (unpaired) electrons. The zero-order valence-electron chi connectivity index (χ0n) is 41.6. The Morgan fingerprint density at radius 2 is 0.740 bits per heavy atom. The molecule has 0 fully saturated rings. The monoisotopic (exact) mass is 980 g/mol. The van der Waals surface area contributed by atoms with E-state index >= 15 is 0 Å². The Morgan fingerprint density at radius 1 is 0.273 bits per heavy atom. The van der Waals surface area contributed by atoms with Crippen molar-refractivity contribution in [2.24, 2.45) is 0 Å². The molecule has 4 nitrogen and oxygen atoms in total. The highest BCUT2D eigenvalue weighted by atomic mass is 16.3. The number of hydrogen-bond donors (Lipinski definition) is 0. The van der Waals surface area contributed by atoms with E-state index in [-0.39, 0.29) is 0 Å². The quantitative estimate of drug-likeness (QED) is 0.166. The van der Waals surface area contributed by atoms with Crippen LogP contribution in [0.1, 0.15) is 22.3 Å². The lowest BCUT2D eigenvalue weighted by molar-refractivity contribution is 0.668. The third kappa shape index (κ3) is 5.81. The summed E-state index contributed by atoms with van der Waals surface area (Å²) in [6.07, 6.45) is 0. The van der Waals surface area contributed by atoms with Gasteiger partial charge in [0.15, 0.2) is 0 Å². The second-order valence-electron chi connectivity index (χ2n) is 20.6. The number of fused-ring (bicyclic) bond motifs is 22. The second kappa shape index (κ2) is 15.9. The first-order chi connectivity index (χ1) is 38.2. The van der Waals surface area contributed by atoms with Crippen molar-refractivity contribution < 1.29 is 8.83 Å². The molecule has 2 aliphatic carbocycles. The number of hydrogen-bond acceptors (Lipinski definition) is 4. The molecule has 77 heavy (non-hydrogen) atoms. The van der Waals surface area contributed by atoms with Crippen molar-refractivity contribution in [3.63, 3.8) is 0 Å². The van der Waals surface area contributed by atoms with Crippen LogP contribution in [0.3, 0.4) is 0 Å². The molecule has 4 heteroatoms. The van der Waals surface area contributed by atoms with Crippen molar-refractivity contribution in [2.45, 2.75) is 5.41 Å². The molecule has 0 aliphatic heterocycles. The van der Waals surface area contributed by atoms with Crippen LogP contribution in [0.2, 0.25) is 0 Å². The fourth-order valence-electron chi connectivity index (χ4n) is 13.8. The second-order valence-corrected chi connectivity index (χ2v) is 20.6. The van der Waals surface area contributed by atoms with Crippen LogP contribution >= 0.6 is 0 Å². The molecule has 15 aromatic rings. The van der Waals surface area contributed by atoms with Crippen LogP contribution in [-0.2, 0) is 5.41 Å². The van der Waals surface area contributed by atoms with E-state index in [1.54, 1.807) is 0 Å². The maximum absolute atomic E-state index is 6.49. The van der Waals surface area contributed by atoms with Crippen molar-refractivity contribution in [3.8, 4) is 22.3 Å². The van der Waals surface area contributed by atoms with Gasteiger partial charge in [0.2, 0.25) is 0 Å². The fraction of sp³-hybridized carbons (Fsp3) is 0.0137. The van der Waals surface area contributed by atoms with Gasteiger partial charge in [0, 0.05) is 33.5 Å². The van der Waals surface area contributed by atoms with Gasteiger partial charge in [-0.3, -0.25) is 0 Å². The number of para-hydroxylation sites is 4. The van der Waals surface area contributed by atoms with Crippen LogP contribution in [-0.4, -0.2) is 0 Å². The van der Waals surface area contributed by atoms with Crippen molar-refractivity contribution in [2.75, 3.05) is 9.80 Å². The number of anilines is 6. The van der Waals surface area contributed by atoms with Crippen LogP contribution in [0.4, 0.5) is 34.1 Å². The van der Waals surface area contributed by atoms with E-state index in [0.717, 1.165) is 78.0 Å². The molecular formula is C73H44N2O2. The molecule has 0 N–H and O–H groups in total. The molecule has 2 heterocycles. The first-order valence-electron chi connectivity index (χ1n) is 26.5. The molecular weight excluding hydrogens is 937 g/mol. The summed E-state index contributed by atoms with van der Waals surface area (Å²) >= 11 is 0. The normalized spacial score (nSPS) is 13.0. The van der Waals surface area contributed by atoms with Gasteiger partial charge < -0.3 is 18.6 Å². The molecule has 0 saturated heterocycles. The molecule has 0 unspecified atom stereocenters. The predicted molar refractivity (Wildman–Crippen MR) is 319 cm³/mol. The van der Waals surface area contributed by atoms with E-state index < -0.39 is 5.41 Å². The third-order valence-corrected chi connectivity index (χ3v) is 16.8. The average molecular weight is 981 g/mol. The van der Waals surface area contributed by atoms with Crippen LogP contribution < -0.4 is 9.80 Å². The zero-order valence-corrected chi connectivity index (χ0v) is 41.6. The van der Waals surface area contributed by atoms with Gasteiger partial charge in [-0.25, -0.2) is 0 Å². The van der Waals surface area contributed by atoms with E-state index in [1.807, 2.05) is 12.1 Å². The van der Waals surface area contributed by atoms with E-state index in [0.29, 0.717) is 0 Å². The highest BCUT2D eigenvalue weighted by Crippen LogP contribution is 2.66. The maximum atomic E-state index is 6.49. The Bertz CT molecular complexity index is 4710. The van der Waals surface area contributed by atoms with Gasteiger partial charge in [0.1, 0.15) is 22.3 Å². The lowest BCUT2D eigenvalue weighted by atomic mass is 9.68. The molecule has 13 aromatic carbocycles. The highest BCUT2D eigenvalue weighted by molar-refractivity contribution is 6.17. The number of furan rings is 2. The molecule has 0 amide bonds. The Kier molecular flexibility index (Phi) is 8.73. The Hall–Kier alpha value is -10.2. The fourth-order valence-corrected chi connectivity index (χ4v) is 13.8. The summed E-state index contributed by atoms with van der Waals surface area (Å²) < 4.78 is 13.0. The molecule has 0 bridgehead atoms. The smallest absolute Gasteiger partial charge is 0.137 e. The minimum Gasteiger partial charge on any atom is -0.456 e. The summed E-state index contributed by atoms with van der Waals surface area (Å²) in [5.74, 6) is 0. The minimum absolute atomic E-state index is 0.649. The molecule has 0 atom stereocenters. The topological polar surface area (TPSA) is 32.8 Å². The Balaban J connectivity index is 0.925. The third-order valence-electron chi connectivity index (χ3n) is 16.8. The van der Waals surface area contributed by atoms with Gasteiger partial charge in [-0.1, -0.05) is 182 Å². The van der Waals surface area contributed by atoms with Crippen molar-refractivity contribution in [1.29, 1.82) is 0 Å². The summed E-state index contributed by atoms with van der Waals surface area (Å²) in [6, 6.07) is 97.7. The van der Waals surface area contributed by atoms with Gasteiger partial charge in [-0.05, 0) is 162 Å². The summed E-state index contributed by atoms with van der Waals surface area (Å²) in [5, 5.41) is 11.7. The molecule has 1 spiro atoms. The molecule has 358 valence electrons. The number of nitrogens with zero attached hydrogens (tertiary/aromatic N) is 2. The SMILES string of the molecule is c1ccc(N(c2ccc3c4c(ccc3c2)-c2ccc3cc(N(c5ccccc5)c5cccc6oc7ccccc7c56)ccc3c2C42c3ccccc3-c3c2ccc2ccccc32)c2cccc3oc4ccccc4c23)cc1. The molecule has 17 rings (SSSR count). The Morgan fingerprint density at radius 3 is 1.31 bits per heavy atom. The zero-order chi connectivity index (χ0) is 50.3. The summed E-state index contributed by atoms with van der Waals surface area (Å²) in [7, 11) is 0. The van der Waals surface area contributed by atoms with Crippen LogP contribution in [0.25, 0.3) is 98.4 Å². The lowest BCUT2D eigenvalue weighted by Gasteiger charge is -2.33. The van der Waals surface area contributed by atoms with E-state index in [4.69, 9.17) is 8.83 Å². The van der Waals surface area contributed by atoms with Crippen LogP contribution in [0, 0.1) is 0 Å². The number of benzene rings is 13. The van der Waals surface area contributed by atoms with E-state index in [2.05, 4.69) is 265 Å². The maximum Gasteiger partial charge on any atom is 0.137 e. The molecule has 2 aromatic heterocycles. The van der Waals surface area contributed by atoms with Gasteiger partial charge in [-0.15, -0.1) is 0 Å². The van der Waals surface area contributed by atoms with E-state index in [9.17, 15) is 0 Å². The van der Waals surface area contributed by atoms with E-state index in [1.165, 1.54) is 76.8 Å². The minimum atomic E-state index is -0.649. The van der Waals surface area contributed by atoms with Crippen LogP contribution in [0.5, 0.6) is 0 Å². The van der Waals surface area contributed by atoms with Crippen molar-refractivity contribution >= 4 is 110 Å². The largest absolute Gasteiger partial charge is 0.456 e. The van der Waals surface area contributed by atoms with Crippen LogP contribution in [0.15, 0.2) is 276 Å². The number of rotatable bonds is 6. The standard InChI is InChI=1S/C73H44N2O2/c1-3-18-48(19-4-1)74(62-27-15-31-66-69(62)58-24-10-13-29-64(58)76-66)50-36-40-53-46(43-50)33-38-55-56-39-34-47-44-51(75(49-20-5-2-6-21-49)63-28-16-32-67-70(63)59-25-11-14-30-65(59)77-67)37-41-54(47)72(56)73(71(53)55)60-26-12-9-23-57(60)68-52-22-8-7-17-45(52)35-42-61(68)73/h1-44H.